The Bertz CT molecular complexity index is 572. The molecule has 0 fully saturated rings. The maximum atomic E-state index is 10.6. The molecule has 2 aromatic rings. The maximum absolute atomic E-state index is 10.6. The molecule has 0 atom stereocenters. The molecule has 0 radical (unpaired) electrons. The van der Waals surface area contributed by atoms with Gasteiger partial charge in [0, 0.05) is 0 Å². The normalized spacial score (nSPS) is 14.0. The van der Waals surface area contributed by atoms with Crippen LogP contribution in [0.1, 0.15) is 33.6 Å². The van der Waals surface area contributed by atoms with E-state index < -0.39 is 0 Å². The average molecular weight is 258 g/mol. The van der Waals surface area contributed by atoms with E-state index in [0.29, 0.717) is 4.88 Å². The largest absolute Gasteiger partial charge is 0.447 e. The molecule has 3 rings (SSSR count). The van der Waals surface area contributed by atoms with Crippen molar-refractivity contribution < 1.29 is 9.53 Å². The van der Waals surface area contributed by atoms with Crippen LogP contribution < -0.4 is 4.74 Å². The monoisotopic (exact) mass is 258 g/mol. The molecule has 1 heterocycles. The van der Waals surface area contributed by atoms with Crippen molar-refractivity contribution in [1.29, 1.82) is 0 Å². The lowest BCUT2D eigenvalue weighted by Crippen LogP contribution is -2.02. The smallest absolute Gasteiger partial charge is 0.181 e. The number of carbonyl (C=O) groups is 1. The van der Waals surface area contributed by atoms with Gasteiger partial charge in [0.25, 0.3) is 0 Å². The van der Waals surface area contributed by atoms with Crippen molar-refractivity contribution in [3.05, 3.63) is 46.3 Å². The number of ether oxygens (including phenoxy) is 1. The van der Waals surface area contributed by atoms with E-state index in [2.05, 4.69) is 12.1 Å². The van der Waals surface area contributed by atoms with Gasteiger partial charge in [-0.2, -0.15) is 0 Å². The Balaban J connectivity index is 1.82. The molecular formula is C15H14O2S. The number of benzene rings is 1. The number of hydrogen-bond acceptors (Lipinski definition) is 3. The molecule has 0 amide bonds. The predicted octanol–water partition coefficient (Wildman–Crippen LogP) is 4.23. The van der Waals surface area contributed by atoms with Gasteiger partial charge in [0.15, 0.2) is 11.3 Å². The summed E-state index contributed by atoms with van der Waals surface area (Å²) in [5.41, 5.74) is 2.86. The van der Waals surface area contributed by atoms with E-state index in [1.165, 1.54) is 41.7 Å². The fourth-order valence-electron chi connectivity index (χ4n) is 2.34. The molecule has 0 saturated heterocycles. The molecule has 0 saturated carbocycles. The Hall–Kier alpha value is -1.61. The molecule has 18 heavy (non-hydrogen) atoms. The minimum atomic E-state index is 0.697. The van der Waals surface area contributed by atoms with Crippen molar-refractivity contribution >= 4 is 17.6 Å². The lowest BCUT2D eigenvalue weighted by Gasteiger charge is -2.16. The van der Waals surface area contributed by atoms with Gasteiger partial charge in [-0.25, -0.2) is 0 Å². The first kappa shape index (κ1) is 11.5. The zero-order valence-electron chi connectivity index (χ0n) is 10.0. The van der Waals surface area contributed by atoms with E-state index >= 15 is 0 Å². The van der Waals surface area contributed by atoms with Crippen LogP contribution >= 0.6 is 11.3 Å². The summed E-state index contributed by atoms with van der Waals surface area (Å²) in [4.78, 5) is 11.3. The third kappa shape index (κ3) is 2.31. The van der Waals surface area contributed by atoms with Crippen LogP contribution in [0.15, 0.2) is 30.3 Å². The third-order valence-corrected chi connectivity index (χ3v) is 4.15. The van der Waals surface area contributed by atoms with Crippen LogP contribution in [0.3, 0.4) is 0 Å². The Kier molecular flexibility index (Phi) is 3.15. The van der Waals surface area contributed by atoms with Crippen LogP contribution in [0, 0.1) is 0 Å². The molecule has 0 bridgehead atoms. The van der Waals surface area contributed by atoms with Gasteiger partial charge in [-0.1, -0.05) is 17.4 Å². The summed E-state index contributed by atoms with van der Waals surface area (Å²) in [5.74, 6) is 0.870. The van der Waals surface area contributed by atoms with Crippen molar-refractivity contribution in [2.75, 3.05) is 0 Å². The summed E-state index contributed by atoms with van der Waals surface area (Å²) in [6.45, 7) is 0. The van der Waals surface area contributed by atoms with E-state index in [9.17, 15) is 4.79 Å². The Labute approximate surface area is 110 Å². The van der Waals surface area contributed by atoms with Crippen LogP contribution in [-0.4, -0.2) is 6.29 Å². The van der Waals surface area contributed by atoms with Crippen molar-refractivity contribution in [2.45, 2.75) is 25.7 Å². The Morgan fingerprint density at radius 2 is 1.89 bits per heavy atom. The lowest BCUT2D eigenvalue weighted by molar-refractivity contribution is 0.112. The number of thiophene rings is 1. The third-order valence-electron chi connectivity index (χ3n) is 3.26. The molecule has 92 valence electrons. The predicted molar refractivity (Wildman–Crippen MR) is 72.9 cm³/mol. The number of carbonyl (C=O) groups excluding carboxylic acids is 1. The highest BCUT2D eigenvalue weighted by Gasteiger charge is 2.10. The van der Waals surface area contributed by atoms with Crippen LogP contribution in [0.25, 0.3) is 0 Å². The van der Waals surface area contributed by atoms with Crippen molar-refractivity contribution in [3.63, 3.8) is 0 Å². The van der Waals surface area contributed by atoms with Crippen LogP contribution in [0.5, 0.6) is 10.8 Å². The van der Waals surface area contributed by atoms with Crippen molar-refractivity contribution in [2.24, 2.45) is 0 Å². The second-order valence-electron chi connectivity index (χ2n) is 4.51. The number of fused-ring (bicyclic) bond motifs is 1. The van der Waals surface area contributed by atoms with Crippen LogP contribution in [0.2, 0.25) is 0 Å². The summed E-state index contributed by atoms with van der Waals surface area (Å²) in [6.07, 6.45) is 5.75. The van der Waals surface area contributed by atoms with E-state index in [1.807, 2.05) is 12.1 Å². The van der Waals surface area contributed by atoms with E-state index in [1.54, 1.807) is 6.07 Å². The lowest BCUT2D eigenvalue weighted by atomic mass is 9.92. The summed E-state index contributed by atoms with van der Waals surface area (Å²) in [7, 11) is 0. The van der Waals surface area contributed by atoms with Gasteiger partial charge in [0.2, 0.25) is 0 Å². The van der Waals surface area contributed by atoms with Crippen molar-refractivity contribution in [1.82, 2.24) is 0 Å². The van der Waals surface area contributed by atoms with Crippen LogP contribution in [0.4, 0.5) is 0 Å². The van der Waals surface area contributed by atoms with Gasteiger partial charge >= 0.3 is 0 Å². The fraction of sp³-hybridized carbons (Fsp3) is 0.267. The molecule has 1 aliphatic rings. The van der Waals surface area contributed by atoms with E-state index in [4.69, 9.17) is 4.74 Å². The molecule has 0 spiro atoms. The first-order valence-electron chi connectivity index (χ1n) is 6.20. The zero-order valence-corrected chi connectivity index (χ0v) is 10.8. The van der Waals surface area contributed by atoms with Gasteiger partial charge in [0.1, 0.15) is 5.75 Å². The quantitative estimate of drug-likeness (QED) is 0.770. The second kappa shape index (κ2) is 4.94. The number of hydrogen-bond donors (Lipinski definition) is 0. The minimum absolute atomic E-state index is 0.697. The number of rotatable bonds is 3. The summed E-state index contributed by atoms with van der Waals surface area (Å²) < 4.78 is 5.79. The molecule has 3 heteroatoms. The molecule has 1 aromatic heterocycles. The Morgan fingerprint density at radius 1 is 1.06 bits per heavy atom. The maximum Gasteiger partial charge on any atom is 0.181 e. The van der Waals surface area contributed by atoms with Gasteiger partial charge in [-0.15, -0.1) is 0 Å². The summed E-state index contributed by atoms with van der Waals surface area (Å²) in [6, 6.07) is 9.94. The average Bonchev–Trinajstić information content (AvgIpc) is 2.86. The van der Waals surface area contributed by atoms with Gasteiger partial charge < -0.3 is 4.74 Å². The highest BCUT2D eigenvalue weighted by molar-refractivity contribution is 7.15. The molecule has 0 N–H and O–H groups in total. The molecular weight excluding hydrogens is 244 g/mol. The fourth-order valence-corrected chi connectivity index (χ4v) is 3.03. The molecule has 1 aromatic carbocycles. The first-order valence-corrected chi connectivity index (χ1v) is 7.01. The molecule has 1 aliphatic carbocycles. The van der Waals surface area contributed by atoms with Crippen molar-refractivity contribution in [3.8, 4) is 10.8 Å². The first-order chi connectivity index (χ1) is 8.85. The summed E-state index contributed by atoms with van der Waals surface area (Å²) in [5, 5.41) is 0.771. The highest BCUT2D eigenvalue weighted by Crippen LogP contribution is 2.31. The molecule has 2 nitrogen and oxygen atoms in total. The van der Waals surface area contributed by atoms with Gasteiger partial charge in [-0.3, -0.25) is 4.79 Å². The topological polar surface area (TPSA) is 26.3 Å². The molecule has 0 aliphatic heterocycles. The number of aldehydes is 1. The second-order valence-corrected chi connectivity index (χ2v) is 5.59. The minimum Gasteiger partial charge on any atom is -0.447 e. The van der Waals surface area contributed by atoms with Gasteiger partial charge in [0.05, 0.1) is 4.88 Å². The van der Waals surface area contributed by atoms with E-state index in [0.717, 1.165) is 23.5 Å². The highest BCUT2D eigenvalue weighted by atomic mass is 32.1. The van der Waals surface area contributed by atoms with E-state index in [-0.39, 0.29) is 0 Å². The molecule has 0 unspecified atom stereocenters. The number of aryl methyl sites for hydroxylation is 2. The Morgan fingerprint density at radius 3 is 2.67 bits per heavy atom. The van der Waals surface area contributed by atoms with Gasteiger partial charge in [-0.05, 0) is 61.1 Å². The SMILES string of the molecule is O=Cc1ccc(Oc2ccc3c(c2)CCCC3)s1. The zero-order chi connectivity index (χ0) is 12.4. The summed E-state index contributed by atoms with van der Waals surface area (Å²) >= 11 is 1.37. The standard InChI is InChI=1S/C15H14O2S/c16-10-14-7-8-15(18-14)17-13-6-5-11-3-1-2-4-12(11)9-13/h5-10H,1-4H2. The van der Waals surface area contributed by atoms with Crippen LogP contribution in [-0.2, 0) is 12.8 Å².